The van der Waals surface area contributed by atoms with E-state index in [0.29, 0.717) is 5.92 Å². The minimum Gasteiger partial charge on any atom is -0.370 e. The molecule has 0 radical (unpaired) electrons. The smallest absolute Gasteiger partial charge is 0.124 e. The lowest BCUT2D eigenvalue weighted by Crippen LogP contribution is -2.35. The molecule has 5 nitrogen and oxygen atoms in total. The number of aromatic nitrogens is 3. The number of H-pyrrole nitrogens is 1. The van der Waals surface area contributed by atoms with E-state index in [-0.39, 0.29) is 0 Å². The van der Waals surface area contributed by atoms with Gasteiger partial charge in [-0.3, -0.25) is 0 Å². The van der Waals surface area contributed by atoms with Crippen LogP contribution in [0.1, 0.15) is 11.1 Å². The number of hydrogen-bond acceptors (Lipinski definition) is 3. The van der Waals surface area contributed by atoms with Crippen molar-refractivity contribution in [3.63, 3.8) is 0 Å². The third kappa shape index (κ3) is 2.97. The summed E-state index contributed by atoms with van der Waals surface area (Å²) in [5.74, 6) is 1.73. The molecule has 0 aliphatic carbocycles. The average molecular weight is 309 g/mol. The fraction of sp³-hybridized carbons (Fsp3) is 0.389. The summed E-state index contributed by atoms with van der Waals surface area (Å²) >= 11 is 0. The fourth-order valence-corrected chi connectivity index (χ4v) is 3.36. The molecule has 4 rings (SSSR count). The van der Waals surface area contributed by atoms with E-state index in [4.69, 9.17) is 0 Å². The van der Waals surface area contributed by atoms with Crippen LogP contribution in [0, 0.1) is 12.8 Å². The Hall–Kier alpha value is -2.27. The van der Waals surface area contributed by atoms with Crippen LogP contribution in [0.4, 0.5) is 5.82 Å². The van der Waals surface area contributed by atoms with Crippen molar-refractivity contribution in [1.29, 1.82) is 0 Å². The zero-order valence-corrected chi connectivity index (χ0v) is 13.5. The number of anilines is 1. The summed E-state index contributed by atoms with van der Waals surface area (Å²) in [6.07, 6.45) is 5.05. The highest BCUT2D eigenvalue weighted by Gasteiger charge is 2.17. The molecule has 0 spiro atoms. The number of rotatable bonds is 5. The van der Waals surface area contributed by atoms with Crippen LogP contribution in [-0.2, 0) is 13.0 Å². The number of aromatic amines is 1. The first-order chi connectivity index (χ1) is 11.3. The predicted octanol–water partition coefficient (Wildman–Crippen LogP) is 2.55. The summed E-state index contributed by atoms with van der Waals surface area (Å²) in [4.78, 5) is 3.38. The van der Waals surface area contributed by atoms with Gasteiger partial charge in [0.25, 0.3) is 0 Å². The van der Waals surface area contributed by atoms with Gasteiger partial charge < -0.3 is 15.6 Å². The molecule has 0 unspecified atom stereocenters. The maximum atomic E-state index is 4.34. The topological polar surface area (TPSA) is 57.7 Å². The predicted molar refractivity (Wildman–Crippen MR) is 93.8 cm³/mol. The van der Waals surface area contributed by atoms with Gasteiger partial charge in [0.2, 0.25) is 0 Å². The van der Waals surface area contributed by atoms with Gasteiger partial charge in [-0.2, -0.15) is 5.10 Å². The maximum Gasteiger partial charge on any atom is 0.124 e. The third-order valence-electron chi connectivity index (χ3n) is 4.65. The van der Waals surface area contributed by atoms with E-state index in [1.165, 1.54) is 22.0 Å². The number of fused-ring (bicyclic) bond motifs is 2. The van der Waals surface area contributed by atoms with E-state index in [1.807, 2.05) is 12.3 Å². The van der Waals surface area contributed by atoms with Gasteiger partial charge in [0, 0.05) is 48.7 Å². The van der Waals surface area contributed by atoms with E-state index in [9.17, 15) is 0 Å². The highest BCUT2D eigenvalue weighted by Crippen LogP contribution is 2.20. The number of nitrogens with zero attached hydrogens (tertiary/aromatic N) is 2. The first-order valence-corrected chi connectivity index (χ1v) is 8.32. The number of nitrogens with one attached hydrogen (secondary N) is 3. The fourth-order valence-electron chi connectivity index (χ4n) is 3.36. The Balaban J connectivity index is 1.29. The molecular formula is C18H23N5. The van der Waals surface area contributed by atoms with Crippen LogP contribution in [0.2, 0.25) is 0 Å². The van der Waals surface area contributed by atoms with Crippen LogP contribution in [0.15, 0.2) is 36.7 Å². The zero-order chi connectivity index (χ0) is 15.6. The van der Waals surface area contributed by atoms with Crippen molar-refractivity contribution >= 4 is 16.7 Å². The highest BCUT2D eigenvalue weighted by atomic mass is 15.3. The summed E-state index contributed by atoms with van der Waals surface area (Å²) in [7, 11) is 0. The summed E-state index contributed by atoms with van der Waals surface area (Å²) in [5.41, 5.74) is 3.93. The van der Waals surface area contributed by atoms with Crippen molar-refractivity contribution in [2.75, 3.05) is 25.0 Å². The lowest BCUT2D eigenvalue weighted by atomic mass is 10.1. The van der Waals surface area contributed by atoms with E-state index in [1.54, 1.807) is 0 Å². The van der Waals surface area contributed by atoms with Gasteiger partial charge in [-0.1, -0.05) is 12.1 Å². The van der Waals surface area contributed by atoms with E-state index < -0.39 is 0 Å². The van der Waals surface area contributed by atoms with Crippen LogP contribution in [0.25, 0.3) is 10.9 Å². The monoisotopic (exact) mass is 309 g/mol. The van der Waals surface area contributed by atoms with Gasteiger partial charge in [-0.15, -0.1) is 0 Å². The minimum atomic E-state index is 0.591. The molecular weight excluding hydrogens is 286 g/mol. The van der Waals surface area contributed by atoms with Gasteiger partial charge in [-0.25, -0.2) is 4.68 Å². The van der Waals surface area contributed by atoms with E-state index >= 15 is 0 Å². The molecule has 23 heavy (non-hydrogen) atoms. The Morgan fingerprint density at radius 3 is 3.26 bits per heavy atom. The van der Waals surface area contributed by atoms with Gasteiger partial charge >= 0.3 is 0 Å². The largest absolute Gasteiger partial charge is 0.370 e. The number of aryl methyl sites for hydroxylation is 1. The van der Waals surface area contributed by atoms with Crippen molar-refractivity contribution in [3.05, 3.63) is 47.8 Å². The molecule has 0 bridgehead atoms. The van der Waals surface area contributed by atoms with E-state index in [2.05, 4.69) is 56.7 Å². The standard InChI is InChI=1S/C18H23N5/c1-13-2-3-16-15(11-20-17(16)8-13)4-6-19-9-14-10-21-18-5-7-22-23(18)12-14/h2-3,5,7-8,11,14,19-21H,4,6,9-10,12H2,1H3/t14-/m1/s1. The first kappa shape index (κ1) is 14.3. The van der Waals surface area contributed by atoms with Crippen LogP contribution >= 0.6 is 0 Å². The second kappa shape index (κ2) is 6.08. The molecule has 2 aromatic heterocycles. The van der Waals surface area contributed by atoms with Crippen LogP contribution < -0.4 is 10.6 Å². The lowest BCUT2D eigenvalue weighted by Gasteiger charge is -2.25. The Bertz CT molecular complexity index is 801. The number of benzene rings is 1. The first-order valence-electron chi connectivity index (χ1n) is 8.32. The van der Waals surface area contributed by atoms with Gasteiger partial charge in [0.05, 0.1) is 6.20 Å². The summed E-state index contributed by atoms with van der Waals surface area (Å²) in [6.45, 7) is 6.17. The molecule has 3 heterocycles. The Kier molecular flexibility index (Phi) is 3.79. The summed E-state index contributed by atoms with van der Waals surface area (Å²) < 4.78 is 2.05. The Morgan fingerprint density at radius 1 is 1.35 bits per heavy atom. The van der Waals surface area contributed by atoms with Gasteiger partial charge in [0.15, 0.2) is 0 Å². The Morgan fingerprint density at radius 2 is 2.30 bits per heavy atom. The maximum absolute atomic E-state index is 4.34. The molecule has 0 saturated carbocycles. The summed E-state index contributed by atoms with van der Waals surface area (Å²) in [6, 6.07) is 8.65. The molecule has 0 saturated heterocycles. The van der Waals surface area contributed by atoms with E-state index in [0.717, 1.165) is 38.4 Å². The average Bonchev–Trinajstić information content (AvgIpc) is 3.17. The van der Waals surface area contributed by atoms with Crippen molar-refractivity contribution < 1.29 is 0 Å². The highest BCUT2D eigenvalue weighted by molar-refractivity contribution is 5.83. The molecule has 5 heteroatoms. The molecule has 3 aromatic rings. The molecule has 1 aliphatic heterocycles. The zero-order valence-electron chi connectivity index (χ0n) is 13.5. The lowest BCUT2D eigenvalue weighted by molar-refractivity contribution is 0.393. The second-order valence-electron chi connectivity index (χ2n) is 6.46. The van der Waals surface area contributed by atoms with Crippen molar-refractivity contribution in [2.24, 2.45) is 5.92 Å². The SMILES string of the molecule is Cc1ccc2c(CCNC[C@@H]3CNc4ccnn4C3)c[nH]c2c1. The molecule has 0 amide bonds. The number of hydrogen-bond donors (Lipinski definition) is 3. The third-order valence-corrected chi connectivity index (χ3v) is 4.65. The summed E-state index contributed by atoms with van der Waals surface area (Å²) in [5, 5.41) is 12.7. The minimum absolute atomic E-state index is 0.591. The molecule has 1 aliphatic rings. The molecule has 0 fully saturated rings. The van der Waals surface area contributed by atoms with Gasteiger partial charge in [-0.05, 0) is 37.1 Å². The van der Waals surface area contributed by atoms with Crippen LogP contribution in [0.5, 0.6) is 0 Å². The van der Waals surface area contributed by atoms with Crippen LogP contribution in [-0.4, -0.2) is 34.4 Å². The Labute approximate surface area is 136 Å². The van der Waals surface area contributed by atoms with Gasteiger partial charge in [0.1, 0.15) is 5.82 Å². The molecule has 1 aromatic carbocycles. The quantitative estimate of drug-likeness (QED) is 0.635. The van der Waals surface area contributed by atoms with Crippen molar-refractivity contribution in [3.8, 4) is 0 Å². The second-order valence-corrected chi connectivity index (χ2v) is 6.46. The molecule has 120 valence electrons. The van der Waals surface area contributed by atoms with Crippen molar-refractivity contribution in [2.45, 2.75) is 19.9 Å². The molecule has 3 N–H and O–H groups in total. The van der Waals surface area contributed by atoms with Crippen molar-refractivity contribution in [1.82, 2.24) is 20.1 Å². The normalized spacial score (nSPS) is 17.2. The molecule has 1 atom stereocenters. The van der Waals surface area contributed by atoms with Crippen LogP contribution in [0.3, 0.4) is 0 Å².